The van der Waals surface area contributed by atoms with Gasteiger partial charge in [-0.15, -0.1) is 0 Å². The summed E-state index contributed by atoms with van der Waals surface area (Å²) in [5, 5.41) is 7.66. The number of alkyl halides is 1. The molecule has 0 bridgehead atoms. The van der Waals surface area contributed by atoms with Crippen molar-refractivity contribution < 1.29 is 4.79 Å². The summed E-state index contributed by atoms with van der Waals surface area (Å²) in [6.45, 7) is 2.52. The van der Waals surface area contributed by atoms with E-state index in [4.69, 9.17) is 0 Å². The number of hydrogen-bond acceptors (Lipinski definition) is 2. The SMILES string of the molecule is Cc1cscc1C(=O)NCc1ccc(CBr)cc1. The summed E-state index contributed by atoms with van der Waals surface area (Å²) in [6.07, 6.45) is 0. The number of amides is 1. The van der Waals surface area contributed by atoms with Crippen LogP contribution in [0, 0.1) is 6.92 Å². The molecule has 0 aliphatic heterocycles. The number of carbonyl (C=O) groups is 1. The standard InChI is InChI=1S/C14H14BrNOS/c1-10-8-18-9-13(10)14(17)16-7-12-4-2-11(6-15)3-5-12/h2-5,8-9H,6-7H2,1H3,(H,16,17). The number of aryl methyl sites for hydroxylation is 1. The largest absolute Gasteiger partial charge is 0.348 e. The van der Waals surface area contributed by atoms with E-state index in [9.17, 15) is 4.79 Å². The molecule has 0 fully saturated rings. The van der Waals surface area contributed by atoms with E-state index in [1.807, 2.05) is 29.8 Å². The summed E-state index contributed by atoms with van der Waals surface area (Å²) in [7, 11) is 0. The van der Waals surface area contributed by atoms with Crippen LogP contribution in [0.2, 0.25) is 0 Å². The summed E-state index contributed by atoms with van der Waals surface area (Å²) in [5.74, 6) is -0.00156. The third kappa shape index (κ3) is 3.21. The van der Waals surface area contributed by atoms with Crippen LogP contribution in [0.1, 0.15) is 27.0 Å². The van der Waals surface area contributed by atoms with E-state index < -0.39 is 0 Å². The van der Waals surface area contributed by atoms with Gasteiger partial charge in [0.1, 0.15) is 0 Å². The van der Waals surface area contributed by atoms with Crippen LogP contribution in [0.4, 0.5) is 0 Å². The number of carbonyl (C=O) groups excluding carboxylic acids is 1. The molecule has 4 heteroatoms. The van der Waals surface area contributed by atoms with Crippen molar-refractivity contribution in [2.24, 2.45) is 0 Å². The molecule has 1 amide bonds. The minimum absolute atomic E-state index is 0.00156. The number of benzene rings is 1. The third-order valence-electron chi connectivity index (χ3n) is 2.73. The summed E-state index contributed by atoms with van der Waals surface area (Å²) in [6, 6.07) is 8.20. The molecule has 2 rings (SSSR count). The molecule has 94 valence electrons. The zero-order chi connectivity index (χ0) is 13.0. The van der Waals surface area contributed by atoms with Gasteiger partial charge in [-0.25, -0.2) is 0 Å². The lowest BCUT2D eigenvalue weighted by molar-refractivity contribution is 0.0951. The fourth-order valence-electron chi connectivity index (χ4n) is 1.62. The number of nitrogens with one attached hydrogen (secondary N) is 1. The van der Waals surface area contributed by atoms with E-state index in [-0.39, 0.29) is 5.91 Å². The van der Waals surface area contributed by atoms with Crippen molar-refractivity contribution in [2.45, 2.75) is 18.8 Å². The Morgan fingerprint density at radius 2 is 1.89 bits per heavy atom. The van der Waals surface area contributed by atoms with Crippen LogP contribution in [-0.2, 0) is 11.9 Å². The molecule has 2 aromatic rings. The minimum Gasteiger partial charge on any atom is -0.348 e. The van der Waals surface area contributed by atoms with Gasteiger partial charge in [0.25, 0.3) is 5.91 Å². The van der Waals surface area contributed by atoms with E-state index >= 15 is 0 Å². The fourth-order valence-corrected chi connectivity index (χ4v) is 2.82. The highest BCUT2D eigenvalue weighted by Crippen LogP contribution is 2.13. The molecule has 0 atom stereocenters. The monoisotopic (exact) mass is 323 g/mol. The Morgan fingerprint density at radius 3 is 2.44 bits per heavy atom. The average molecular weight is 324 g/mol. The van der Waals surface area contributed by atoms with Gasteiger partial charge in [-0.3, -0.25) is 4.79 Å². The Kier molecular flexibility index (Phi) is 4.55. The lowest BCUT2D eigenvalue weighted by Gasteiger charge is -2.05. The van der Waals surface area contributed by atoms with Crippen LogP contribution in [0.15, 0.2) is 35.0 Å². The highest BCUT2D eigenvalue weighted by atomic mass is 79.9. The maximum atomic E-state index is 11.9. The highest BCUT2D eigenvalue weighted by Gasteiger charge is 2.08. The van der Waals surface area contributed by atoms with Crippen molar-refractivity contribution in [1.82, 2.24) is 5.32 Å². The molecule has 0 saturated heterocycles. The van der Waals surface area contributed by atoms with Crippen LogP contribution in [0.25, 0.3) is 0 Å². The number of hydrogen-bond donors (Lipinski definition) is 1. The molecule has 0 saturated carbocycles. The second kappa shape index (κ2) is 6.16. The molecular weight excluding hydrogens is 310 g/mol. The van der Waals surface area contributed by atoms with Gasteiger partial charge in [-0.1, -0.05) is 40.2 Å². The number of thiophene rings is 1. The topological polar surface area (TPSA) is 29.1 Å². The molecule has 0 aliphatic carbocycles. The Labute approximate surface area is 119 Å². The van der Waals surface area contributed by atoms with Crippen molar-refractivity contribution in [3.63, 3.8) is 0 Å². The van der Waals surface area contributed by atoms with Crippen molar-refractivity contribution in [2.75, 3.05) is 0 Å². The number of rotatable bonds is 4. The van der Waals surface area contributed by atoms with Crippen molar-refractivity contribution >= 4 is 33.2 Å². The van der Waals surface area contributed by atoms with Crippen LogP contribution in [0.3, 0.4) is 0 Å². The van der Waals surface area contributed by atoms with E-state index in [0.29, 0.717) is 6.54 Å². The molecule has 1 heterocycles. The van der Waals surface area contributed by atoms with Gasteiger partial charge in [0.15, 0.2) is 0 Å². The quantitative estimate of drug-likeness (QED) is 0.850. The first-order chi connectivity index (χ1) is 8.70. The first-order valence-corrected chi connectivity index (χ1v) is 7.72. The maximum Gasteiger partial charge on any atom is 0.252 e. The molecule has 1 aromatic carbocycles. The molecule has 0 spiro atoms. The lowest BCUT2D eigenvalue weighted by atomic mass is 10.1. The van der Waals surface area contributed by atoms with E-state index in [2.05, 4.69) is 33.4 Å². The predicted molar refractivity (Wildman–Crippen MR) is 79.3 cm³/mol. The molecule has 0 aliphatic rings. The van der Waals surface area contributed by atoms with Gasteiger partial charge in [-0.05, 0) is 29.0 Å². The molecule has 0 unspecified atom stereocenters. The van der Waals surface area contributed by atoms with Crippen LogP contribution in [-0.4, -0.2) is 5.91 Å². The zero-order valence-corrected chi connectivity index (χ0v) is 12.5. The van der Waals surface area contributed by atoms with Crippen LogP contribution < -0.4 is 5.32 Å². The Balaban J connectivity index is 1.95. The maximum absolute atomic E-state index is 11.9. The smallest absolute Gasteiger partial charge is 0.252 e. The molecule has 1 N–H and O–H groups in total. The van der Waals surface area contributed by atoms with Gasteiger partial charge < -0.3 is 5.32 Å². The first-order valence-electron chi connectivity index (χ1n) is 5.65. The minimum atomic E-state index is -0.00156. The fraction of sp³-hybridized carbons (Fsp3) is 0.214. The molecule has 0 radical (unpaired) electrons. The third-order valence-corrected chi connectivity index (χ3v) is 4.24. The Hall–Kier alpha value is -1.13. The Bertz CT molecular complexity index is 533. The van der Waals surface area contributed by atoms with Crippen molar-refractivity contribution in [3.8, 4) is 0 Å². The molecule has 1 aromatic heterocycles. The van der Waals surface area contributed by atoms with Gasteiger partial charge in [0.05, 0.1) is 5.56 Å². The Morgan fingerprint density at radius 1 is 1.22 bits per heavy atom. The number of halogens is 1. The zero-order valence-electron chi connectivity index (χ0n) is 10.1. The normalized spacial score (nSPS) is 10.3. The average Bonchev–Trinajstić information content (AvgIpc) is 2.83. The van der Waals surface area contributed by atoms with E-state index in [1.54, 1.807) is 11.3 Å². The van der Waals surface area contributed by atoms with Crippen molar-refractivity contribution in [1.29, 1.82) is 0 Å². The predicted octanol–water partition coefficient (Wildman–Crippen LogP) is 3.88. The highest BCUT2D eigenvalue weighted by molar-refractivity contribution is 9.08. The molecular formula is C14H14BrNOS. The molecule has 2 nitrogen and oxygen atoms in total. The summed E-state index contributed by atoms with van der Waals surface area (Å²) in [4.78, 5) is 11.9. The second-order valence-electron chi connectivity index (χ2n) is 4.10. The van der Waals surface area contributed by atoms with E-state index in [0.717, 1.165) is 22.0 Å². The van der Waals surface area contributed by atoms with Gasteiger partial charge >= 0.3 is 0 Å². The van der Waals surface area contributed by atoms with Gasteiger partial charge in [-0.2, -0.15) is 11.3 Å². The lowest BCUT2D eigenvalue weighted by Crippen LogP contribution is -2.22. The summed E-state index contributed by atoms with van der Waals surface area (Å²) in [5.41, 5.74) is 4.16. The molecule has 18 heavy (non-hydrogen) atoms. The second-order valence-corrected chi connectivity index (χ2v) is 5.41. The summed E-state index contributed by atoms with van der Waals surface area (Å²) >= 11 is 4.96. The van der Waals surface area contributed by atoms with Crippen LogP contribution in [0.5, 0.6) is 0 Å². The van der Waals surface area contributed by atoms with E-state index in [1.165, 1.54) is 5.56 Å². The first kappa shape index (κ1) is 13.3. The van der Waals surface area contributed by atoms with Crippen LogP contribution >= 0.6 is 27.3 Å². The van der Waals surface area contributed by atoms with Gasteiger partial charge in [0.2, 0.25) is 0 Å². The summed E-state index contributed by atoms with van der Waals surface area (Å²) < 4.78 is 0. The van der Waals surface area contributed by atoms with Gasteiger partial charge in [0, 0.05) is 17.3 Å². The van der Waals surface area contributed by atoms with Crippen molar-refractivity contribution in [3.05, 3.63) is 57.3 Å².